The number of nitrogens with zero attached hydrogens (tertiary/aromatic N) is 2. The summed E-state index contributed by atoms with van der Waals surface area (Å²) < 4.78 is 31.5. The number of halogens is 1. The average molecular weight is 359 g/mol. The second-order valence-corrected chi connectivity index (χ2v) is 8.69. The zero-order chi connectivity index (χ0) is 17.6. The van der Waals surface area contributed by atoms with Crippen LogP contribution in [0.1, 0.15) is 32.4 Å². The molecule has 0 amide bonds. The molecule has 6 nitrogen and oxygen atoms in total. The van der Waals surface area contributed by atoms with Crippen molar-refractivity contribution in [3.8, 4) is 5.75 Å². The summed E-state index contributed by atoms with van der Waals surface area (Å²) in [5, 5.41) is 10.9. The van der Waals surface area contributed by atoms with E-state index >= 15 is 0 Å². The highest BCUT2D eigenvalue weighted by Crippen LogP contribution is 2.46. The second kappa shape index (κ2) is 5.95. The molecule has 1 aliphatic rings. The van der Waals surface area contributed by atoms with Gasteiger partial charge in [0.15, 0.2) is 0 Å². The number of benzene rings is 1. The van der Waals surface area contributed by atoms with Crippen molar-refractivity contribution in [3.05, 3.63) is 34.1 Å². The van der Waals surface area contributed by atoms with Gasteiger partial charge in [0.2, 0.25) is 15.7 Å². The molecule has 0 saturated heterocycles. The van der Waals surface area contributed by atoms with Gasteiger partial charge in [-0.2, -0.15) is 4.31 Å². The van der Waals surface area contributed by atoms with Crippen molar-refractivity contribution >= 4 is 27.3 Å². The van der Waals surface area contributed by atoms with Crippen LogP contribution in [0.25, 0.3) is 4.85 Å². The fourth-order valence-corrected chi connectivity index (χ4v) is 3.81. The highest BCUT2D eigenvalue weighted by molar-refractivity contribution is 7.89. The van der Waals surface area contributed by atoms with E-state index in [0.717, 1.165) is 4.31 Å². The minimum atomic E-state index is -3.55. The Bertz CT molecular complexity index is 770. The van der Waals surface area contributed by atoms with E-state index in [2.05, 4.69) is 4.85 Å². The Morgan fingerprint density at radius 1 is 1.48 bits per heavy atom. The Hall–Kier alpha value is -1.33. The Labute approximate surface area is 141 Å². The Balaban J connectivity index is 2.69. The summed E-state index contributed by atoms with van der Waals surface area (Å²) in [5.74, 6) is 0.285. The summed E-state index contributed by atoms with van der Waals surface area (Å²) in [7, 11) is -2.13. The molecular formula is C15H19ClN2O4S. The van der Waals surface area contributed by atoms with Gasteiger partial charge in [-0.05, 0) is 32.9 Å². The minimum absolute atomic E-state index is 0.0907. The molecule has 23 heavy (non-hydrogen) atoms. The van der Waals surface area contributed by atoms with Gasteiger partial charge in [-0.15, -0.1) is 0 Å². The maximum Gasteiger partial charge on any atom is 0.214 e. The normalized spacial score (nSPS) is 23.0. The molecule has 126 valence electrons. The zero-order valence-corrected chi connectivity index (χ0v) is 14.9. The van der Waals surface area contributed by atoms with E-state index in [1.807, 2.05) is 0 Å². The van der Waals surface area contributed by atoms with Gasteiger partial charge in [-0.3, -0.25) is 0 Å². The lowest BCUT2D eigenvalue weighted by Crippen LogP contribution is -2.54. The molecule has 8 heteroatoms. The lowest BCUT2D eigenvalue weighted by molar-refractivity contribution is -0.0763. The van der Waals surface area contributed by atoms with E-state index in [1.54, 1.807) is 13.8 Å². The summed E-state index contributed by atoms with van der Waals surface area (Å²) in [4.78, 5) is 3.33. The Morgan fingerprint density at radius 3 is 2.61 bits per heavy atom. The molecule has 1 N–H and O–H groups in total. The maximum absolute atomic E-state index is 12.3. The quantitative estimate of drug-likeness (QED) is 0.843. The van der Waals surface area contributed by atoms with Gasteiger partial charge in [0.05, 0.1) is 23.4 Å². The first-order valence-electron chi connectivity index (χ1n) is 7.09. The van der Waals surface area contributed by atoms with Crippen molar-refractivity contribution in [2.75, 3.05) is 12.8 Å². The molecule has 1 aromatic rings. The monoisotopic (exact) mass is 358 g/mol. The van der Waals surface area contributed by atoms with Gasteiger partial charge in [0.1, 0.15) is 17.5 Å². The molecule has 0 bridgehead atoms. The molecule has 0 spiro atoms. The number of fused-ring (bicyclic) bond motifs is 1. The summed E-state index contributed by atoms with van der Waals surface area (Å²) >= 11 is 6.05. The van der Waals surface area contributed by atoms with Crippen LogP contribution in [0.2, 0.25) is 5.02 Å². The van der Waals surface area contributed by atoms with Crippen LogP contribution in [0.5, 0.6) is 5.75 Å². The van der Waals surface area contributed by atoms with Crippen molar-refractivity contribution in [2.24, 2.45) is 0 Å². The standard InChI is InChI=1S/C15H19ClN2O4S/c1-6-23(20,21)18(5)13-9-7-11(17-4)10(16)8-12(9)22-15(2,3)14(13)19/h7-8,13-14,19H,6H2,1-3,5H3. The molecule has 1 heterocycles. The van der Waals surface area contributed by atoms with E-state index in [0.29, 0.717) is 11.3 Å². The molecule has 0 aromatic heterocycles. The van der Waals surface area contributed by atoms with Crippen molar-refractivity contribution in [1.29, 1.82) is 0 Å². The molecule has 2 atom stereocenters. The molecule has 2 unspecified atom stereocenters. The van der Waals surface area contributed by atoms with Crippen LogP contribution in [-0.2, 0) is 10.0 Å². The number of aliphatic hydroxyl groups is 1. The molecule has 1 aromatic carbocycles. The van der Waals surface area contributed by atoms with Crippen molar-refractivity contribution in [1.82, 2.24) is 4.31 Å². The van der Waals surface area contributed by atoms with Crippen molar-refractivity contribution in [2.45, 2.75) is 38.5 Å². The zero-order valence-electron chi connectivity index (χ0n) is 13.4. The largest absolute Gasteiger partial charge is 0.485 e. The summed E-state index contributed by atoms with van der Waals surface area (Å²) in [6, 6.07) is 2.13. The van der Waals surface area contributed by atoms with Crippen LogP contribution in [0.3, 0.4) is 0 Å². The smallest absolute Gasteiger partial charge is 0.214 e. The van der Waals surface area contributed by atoms with Crippen LogP contribution in [0, 0.1) is 6.57 Å². The fraction of sp³-hybridized carbons (Fsp3) is 0.533. The minimum Gasteiger partial charge on any atom is -0.485 e. The van der Waals surface area contributed by atoms with Gasteiger partial charge >= 0.3 is 0 Å². The fourth-order valence-electron chi connectivity index (χ4n) is 2.63. The number of aliphatic hydroxyl groups excluding tert-OH is 1. The number of sulfonamides is 1. The van der Waals surface area contributed by atoms with Crippen LogP contribution in [-0.4, -0.2) is 42.3 Å². The van der Waals surface area contributed by atoms with Gasteiger partial charge in [0, 0.05) is 12.6 Å². The first kappa shape index (κ1) is 18.0. The topological polar surface area (TPSA) is 71.2 Å². The predicted octanol–water partition coefficient (Wildman–Crippen LogP) is 2.75. The molecule has 2 rings (SSSR count). The van der Waals surface area contributed by atoms with Crippen LogP contribution < -0.4 is 4.74 Å². The van der Waals surface area contributed by atoms with Gasteiger partial charge in [-0.25, -0.2) is 13.3 Å². The van der Waals surface area contributed by atoms with Gasteiger partial charge < -0.3 is 9.84 Å². The third-order valence-corrected chi connectivity index (χ3v) is 6.24. The SMILES string of the molecule is [C-]#[N+]c1cc2c(cc1Cl)OC(C)(C)C(O)C2N(C)S(=O)(=O)CC. The predicted molar refractivity (Wildman–Crippen MR) is 88.4 cm³/mol. The van der Waals surface area contributed by atoms with Crippen LogP contribution in [0.4, 0.5) is 5.69 Å². The summed E-state index contributed by atoms with van der Waals surface area (Å²) in [6.07, 6.45) is -1.10. The lowest BCUT2D eigenvalue weighted by atomic mass is 9.86. The summed E-state index contributed by atoms with van der Waals surface area (Å²) in [6.45, 7) is 12.1. The van der Waals surface area contributed by atoms with Crippen LogP contribution >= 0.6 is 11.6 Å². The van der Waals surface area contributed by atoms with Crippen molar-refractivity contribution in [3.63, 3.8) is 0 Å². The number of rotatable bonds is 3. The van der Waals surface area contributed by atoms with E-state index in [1.165, 1.54) is 26.1 Å². The van der Waals surface area contributed by atoms with Gasteiger partial charge in [-0.1, -0.05) is 11.6 Å². The lowest BCUT2D eigenvalue weighted by Gasteiger charge is -2.45. The van der Waals surface area contributed by atoms with Gasteiger partial charge in [0.25, 0.3) is 0 Å². The number of hydrogen-bond acceptors (Lipinski definition) is 4. The molecule has 0 saturated carbocycles. The highest BCUT2D eigenvalue weighted by Gasteiger charge is 2.47. The third-order valence-electron chi connectivity index (χ3n) is 4.10. The first-order valence-corrected chi connectivity index (χ1v) is 9.07. The number of likely N-dealkylation sites (N-methyl/N-ethyl adjacent to an activating group) is 1. The van der Waals surface area contributed by atoms with Crippen LogP contribution in [0.15, 0.2) is 12.1 Å². The molecule has 0 aliphatic carbocycles. The molecule has 0 fully saturated rings. The van der Waals surface area contributed by atoms with E-state index in [9.17, 15) is 13.5 Å². The Morgan fingerprint density at radius 2 is 2.09 bits per heavy atom. The van der Waals surface area contributed by atoms with E-state index in [-0.39, 0.29) is 16.5 Å². The first-order chi connectivity index (χ1) is 10.5. The maximum atomic E-state index is 12.3. The van der Waals surface area contributed by atoms with E-state index in [4.69, 9.17) is 22.9 Å². The second-order valence-electron chi connectivity index (χ2n) is 5.97. The highest BCUT2D eigenvalue weighted by atomic mass is 35.5. The average Bonchev–Trinajstić information content (AvgIpc) is 2.47. The molecule has 0 radical (unpaired) electrons. The summed E-state index contributed by atoms with van der Waals surface area (Å²) in [5.41, 5.74) is -0.377. The Kier molecular flexibility index (Phi) is 4.66. The number of ether oxygens (including phenoxy) is 1. The van der Waals surface area contributed by atoms with E-state index < -0.39 is 27.8 Å². The third kappa shape index (κ3) is 3.04. The molecular weight excluding hydrogens is 340 g/mol. The molecule has 1 aliphatic heterocycles. The van der Waals surface area contributed by atoms with Crippen molar-refractivity contribution < 1.29 is 18.3 Å². The number of hydrogen-bond donors (Lipinski definition) is 1.